The number of halogens is 2. The number of pyridine rings is 1. The van der Waals surface area contributed by atoms with Crippen LogP contribution in [0.2, 0.25) is 5.02 Å². The molecule has 1 heterocycles. The van der Waals surface area contributed by atoms with Crippen LogP contribution in [-0.4, -0.2) is 10.1 Å². The molecule has 1 aromatic heterocycles. The zero-order valence-corrected chi connectivity index (χ0v) is 11.1. The fourth-order valence-corrected chi connectivity index (χ4v) is 1.95. The van der Waals surface area contributed by atoms with E-state index in [4.69, 9.17) is 21.4 Å². The molecule has 0 radical (unpaired) electrons. The molecule has 17 heavy (non-hydrogen) atoms. The van der Waals surface area contributed by atoms with Gasteiger partial charge in [-0.15, -0.1) is 0 Å². The van der Waals surface area contributed by atoms with Gasteiger partial charge in [0.15, 0.2) is 0 Å². The molecule has 0 amide bonds. The summed E-state index contributed by atoms with van der Waals surface area (Å²) in [5.41, 5.74) is 0.807. The summed E-state index contributed by atoms with van der Waals surface area (Å²) in [6.07, 6.45) is 3.12. The summed E-state index contributed by atoms with van der Waals surface area (Å²) in [5.74, 6) is 1.22. The minimum Gasteiger partial charge on any atom is -0.456 e. The van der Waals surface area contributed by atoms with Gasteiger partial charge in [0, 0.05) is 16.7 Å². The number of benzene rings is 1. The molecule has 0 atom stereocenters. The van der Waals surface area contributed by atoms with Crippen molar-refractivity contribution >= 4 is 27.5 Å². The predicted molar refractivity (Wildman–Crippen MR) is 69.4 cm³/mol. The maximum absolute atomic E-state index is 9.04. The molecule has 5 heteroatoms. The molecule has 0 saturated heterocycles. The second kappa shape index (κ2) is 5.49. The first-order chi connectivity index (χ1) is 8.19. The first-order valence-corrected chi connectivity index (χ1v) is 6.04. The molecule has 0 aliphatic rings. The van der Waals surface area contributed by atoms with Gasteiger partial charge in [-0.3, -0.25) is 4.98 Å². The fraction of sp³-hybridized carbons (Fsp3) is 0.0833. The number of hydrogen-bond donors (Lipinski definition) is 1. The van der Waals surface area contributed by atoms with Crippen molar-refractivity contribution in [2.45, 2.75) is 6.61 Å². The Balaban J connectivity index is 2.22. The van der Waals surface area contributed by atoms with Crippen molar-refractivity contribution < 1.29 is 9.84 Å². The summed E-state index contributed by atoms with van der Waals surface area (Å²) < 4.78 is 6.38. The lowest BCUT2D eigenvalue weighted by Gasteiger charge is -2.07. The van der Waals surface area contributed by atoms with Crippen LogP contribution in [0, 0.1) is 0 Å². The zero-order valence-electron chi connectivity index (χ0n) is 8.73. The molecule has 0 bridgehead atoms. The maximum Gasteiger partial charge on any atom is 0.147 e. The summed E-state index contributed by atoms with van der Waals surface area (Å²) in [6.45, 7) is -0.0143. The minimum absolute atomic E-state index is 0.0143. The number of nitrogens with zero attached hydrogens (tertiary/aromatic N) is 1. The average Bonchev–Trinajstić information content (AvgIpc) is 2.29. The van der Waals surface area contributed by atoms with Crippen molar-refractivity contribution in [2.75, 3.05) is 0 Å². The number of aliphatic hydroxyl groups excluding tert-OH is 1. The van der Waals surface area contributed by atoms with Gasteiger partial charge in [-0.25, -0.2) is 0 Å². The molecule has 0 aliphatic heterocycles. The number of aliphatic hydroxyl groups is 1. The zero-order chi connectivity index (χ0) is 12.3. The average molecular weight is 315 g/mol. The van der Waals surface area contributed by atoms with Crippen LogP contribution in [0.1, 0.15) is 5.56 Å². The van der Waals surface area contributed by atoms with Gasteiger partial charge in [-0.05, 0) is 17.7 Å². The van der Waals surface area contributed by atoms with E-state index < -0.39 is 0 Å². The highest BCUT2D eigenvalue weighted by Crippen LogP contribution is 2.27. The first kappa shape index (κ1) is 12.4. The third-order valence-electron chi connectivity index (χ3n) is 2.11. The Morgan fingerprint density at radius 2 is 2.06 bits per heavy atom. The van der Waals surface area contributed by atoms with Gasteiger partial charge in [0.1, 0.15) is 11.5 Å². The standard InChI is InChI=1S/C12H9BrClNO2/c13-12-4-10(2-1-8(12)7-16)17-11-3-9(14)5-15-6-11/h1-6,16H,7H2. The van der Waals surface area contributed by atoms with Crippen molar-refractivity contribution in [1.82, 2.24) is 4.98 Å². The molecule has 2 rings (SSSR count). The Morgan fingerprint density at radius 1 is 1.24 bits per heavy atom. The van der Waals surface area contributed by atoms with Crippen LogP contribution in [0.4, 0.5) is 0 Å². The Kier molecular flexibility index (Phi) is 3.99. The lowest BCUT2D eigenvalue weighted by molar-refractivity contribution is 0.281. The number of hydrogen-bond acceptors (Lipinski definition) is 3. The second-order valence-electron chi connectivity index (χ2n) is 3.35. The third kappa shape index (κ3) is 3.19. The molecule has 0 aliphatic carbocycles. The van der Waals surface area contributed by atoms with E-state index in [1.807, 2.05) is 0 Å². The van der Waals surface area contributed by atoms with Crippen molar-refractivity contribution in [3.63, 3.8) is 0 Å². The van der Waals surface area contributed by atoms with Crippen LogP contribution in [0.15, 0.2) is 41.1 Å². The Labute approximate surface area is 112 Å². The van der Waals surface area contributed by atoms with Gasteiger partial charge in [0.2, 0.25) is 0 Å². The summed E-state index contributed by atoms with van der Waals surface area (Å²) >= 11 is 9.16. The molecule has 1 N–H and O–H groups in total. The van der Waals surface area contributed by atoms with Crippen molar-refractivity contribution in [3.8, 4) is 11.5 Å². The smallest absolute Gasteiger partial charge is 0.147 e. The predicted octanol–water partition coefficient (Wildman–Crippen LogP) is 3.78. The molecule has 2 aromatic rings. The van der Waals surface area contributed by atoms with Crippen LogP contribution in [0.25, 0.3) is 0 Å². The molecule has 0 fully saturated rings. The third-order valence-corrected chi connectivity index (χ3v) is 3.06. The topological polar surface area (TPSA) is 42.4 Å². The fourth-order valence-electron chi connectivity index (χ4n) is 1.30. The van der Waals surface area contributed by atoms with E-state index in [9.17, 15) is 0 Å². The molecule has 0 unspecified atom stereocenters. The molecule has 88 valence electrons. The Morgan fingerprint density at radius 3 is 2.71 bits per heavy atom. The summed E-state index contributed by atoms with van der Waals surface area (Å²) in [7, 11) is 0. The minimum atomic E-state index is -0.0143. The van der Waals surface area contributed by atoms with Gasteiger partial charge in [-0.1, -0.05) is 33.6 Å². The van der Waals surface area contributed by atoms with Gasteiger partial charge >= 0.3 is 0 Å². The summed E-state index contributed by atoms with van der Waals surface area (Å²) in [4.78, 5) is 3.93. The number of aromatic nitrogens is 1. The van der Waals surface area contributed by atoms with Crippen molar-refractivity contribution in [2.24, 2.45) is 0 Å². The lowest BCUT2D eigenvalue weighted by Crippen LogP contribution is -1.89. The summed E-state index contributed by atoms with van der Waals surface area (Å²) in [6, 6.07) is 7.03. The van der Waals surface area contributed by atoms with E-state index in [1.54, 1.807) is 36.7 Å². The van der Waals surface area contributed by atoms with E-state index in [0.717, 1.165) is 10.0 Å². The highest BCUT2D eigenvalue weighted by molar-refractivity contribution is 9.10. The van der Waals surface area contributed by atoms with Crippen LogP contribution < -0.4 is 4.74 Å². The molecular weight excluding hydrogens is 305 g/mol. The quantitative estimate of drug-likeness (QED) is 0.937. The monoisotopic (exact) mass is 313 g/mol. The van der Waals surface area contributed by atoms with Gasteiger partial charge in [0.05, 0.1) is 17.8 Å². The van der Waals surface area contributed by atoms with Gasteiger partial charge in [-0.2, -0.15) is 0 Å². The van der Waals surface area contributed by atoms with Gasteiger partial charge in [0.25, 0.3) is 0 Å². The second-order valence-corrected chi connectivity index (χ2v) is 4.64. The Bertz CT molecular complexity index is 534. The van der Waals surface area contributed by atoms with E-state index >= 15 is 0 Å². The first-order valence-electron chi connectivity index (χ1n) is 4.87. The van der Waals surface area contributed by atoms with E-state index in [2.05, 4.69) is 20.9 Å². The van der Waals surface area contributed by atoms with Crippen LogP contribution in [0.3, 0.4) is 0 Å². The number of rotatable bonds is 3. The molecule has 0 saturated carbocycles. The highest BCUT2D eigenvalue weighted by atomic mass is 79.9. The van der Waals surface area contributed by atoms with Crippen molar-refractivity contribution in [3.05, 3.63) is 51.7 Å². The normalized spacial score (nSPS) is 10.3. The van der Waals surface area contributed by atoms with Crippen LogP contribution in [0.5, 0.6) is 11.5 Å². The van der Waals surface area contributed by atoms with Gasteiger partial charge < -0.3 is 9.84 Å². The highest BCUT2D eigenvalue weighted by Gasteiger charge is 2.03. The molecule has 0 spiro atoms. The van der Waals surface area contributed by atoms with Crippen LogP contribution >= 0.6 is 27.5 Å². The summed E-state index contributed by atoms with van der Waals surface area (Å²) in [5, 5.41) is 9.56. The van der Waals surface area contributed by atoms with E-state index in [-0.39, 0.29) is 6.61 Å². The number of ether oxygens (including phenoxy) is 1. The molecular formula is C12H9BrClNO2. The largest absolute Gasteiger partial charge is 0.456 e. The molecule has 3 nitrogen and oxygen atoms in total. The van der Waals surface area contributed by atoms with Crippen molar-refractivity contribution in [1.29, 1.82) is 0 Å². The van der Waals surface area contributed by atoms with E-state index in [1.165, 1.54) is 0 Å². The lowest BCUT2D eigenvalue weighted by atomic mass is 10.2. The SMILES string of the molecule is OCc1ccc(Oc2cncc(Cl)c2)cc1Br. The van der Waals surface area contributed by atoms with E-state index in [0.29, 0.717) is 16.5 Å². The maximum atomic E-state index is 9.04. The Hall–Kier alpha value is -1.10. The van der Waals surface area contributed by atoms with Crippen LogP contribution in [-0.2, 0) is 6.61 Å². The molecule has 1 aromatic carbocycles.